The lowest BCUT2D eigenvalue weighted by Gasteiger charge is -2.08. The lowest BCUT2D eigenvalue weighted by Crippen LogP contribution is -1.98. The van der Waals surface area contributed by atoms with E-state index in [-0.39, 0.29) is 5.69 Å². The first-order chi connectivity index (χ1) is 10.5. The van der Waals surface area contributed by atoms with Crippen molar-refractivity contribution in [2.45, 2.75) is 0 Å². The van der Waals surface area contributed by atoms with Gasteiger partial charge in [0.2, 0.25) is 0 Å². The van der Waals surface area contributed by atoms with E-state index in [0.29, 0.717) is 16.2 Å². The minimum Gasteiger partial charge on any atom is -0.466 e. The molecule has 0 aromatic heterocycles. The lowest BCUT2D eigenvalue weighted by molar-refractivity contribution is -0.384. The molecule has 0 amide bonds. The van der Waals surface area contributed by atoms with Crippen molar-refractivity contribution in [2.75, 3.05) is 7.11 Å². The fourth-order valence-corrected chi connectivity index (χ4v) is 2.03. The van der Waals surface area contributed by atoms with Gasteiger partial charge in [0.05, 0.1) is 12.0 Å². The van der Waals surface area contributed by atoms with Gasteiger partial charge in [0.15, 0.2) is 0 Å². The maximum absolute atomic E-state index is 11.6. The molecule has 2 aromatic rings. The molecule has 2 aromatic carbocycles. The molecule has 0 aliphatic rings. The Kier molecular flexibility index (Phi) is 4.91. The molecule has 0 heterocycles. The molecule has 0 radical (unpaired) electrons. The molecular formula is C16H12ClNO4. The van der Waals surface area contributed by atoms with Crippen LogP contribution in [0.15, 0.2) is 54.6 Å². The molecule has 0 spiro atoms. The van der Waals surface area contributed by atoms with Crippen molar-refractivity contribution in [3.05, 3.63) is 80.9 Å². The fraction of sp³-hybridized carbons (Fsp3) is 0.0625. The van der Waals surface area contributed by atoms with Crippen molar-refractivity contribution in [1.82, 2.24) is 0 Å². The number of rotatable bonds is 4. The predicted octanol–water partition coefficient (Wildman–Crippen LogP) is 3.85. The van der Waals surface area contributed by atoms with Crippen LogP contribution in [-0.2, 0) is 9.53 Å². The van der Waals surface area contributed by atoms with Gasteiger partial charge in [0, 0.05) is 23.2 Å². The van der Waals surface area contributed by atoms with Crippen LogP contribution >= 0.6 is 11.6 Å². The Morgan fingerprint density at radius 2 is 1.59 bits per heavy atom. The Hall–Kier alpha value is -2.66. The van der Waals surface area contributed by atoms with Crippen LogP contribution in [0.1, 0.15) is 11.1 Å². The average Bonchev–Trinajstić information content (AvgIpc) is 2.53. The molecule has 2 rings (SSSR count). The number of esters is 1. The normalized spacial score (nSPS) is 11.1. The monoisotopic (exact) mass is 317 g/mol. The highest BCUT2D eigenvalue weighted by atomic mass is 35.5. The third kappa shape index (κ3) is 3.71. The third-order valence-electron chi connectivity index (χ3n) is 3.01. The molecule has 0 N–H and O–H groups in total. The van der Waals surface area contributed by atoms with Gasteiger partial charge in [-0.25, -0.2) is 4.79 Å². The standard InChI is InChI=1S/C16H12ClNO4/c1-22-16(19)10-15(11-2-6-13(17)7-3-11)12-4-8-14(9-5-12)18(20)21/h2-10H,1H3/b15-10+. The number of hydrogen-bond acceptors (Lipinski definition) is 4. The number of nitrogens with zero attached hydrogens (tertiary/aromatic N) is 1. The second-order valence-corrected chi connectivity index (χ2v) is 4.83. The van der Waals surface area contributed by atoms with Crippen molar-refractivity contribution in [3.63, 3.8) is 0 Å². The Labute approximate surface area is 131 Å². The van der Waals surface area contributed by atoms with Crippen LogP contribution in [0.4, 0.5) is 5.69 Å². The van der Waals surface area contributed by atoms with Crippen LogP contribution < -0.4 is 0 Å². The highest BCUT2D eigenvalue weighted by Crippen LogP contribution is 2.26. The Balaban J connectivity index is 2.48. The van der Waals surface area contributed by atoms with E-state index >= 15 is 0 Å². The summed E-state index contributed by atoms with van der Waals surface area (Å²) in [6.07, 6.45) is 1.34. The van der Waals surface area contributed by atoms with Gasteiger partial charge in [-0.2, -0.15) is 0 Å². The van der Waals surface area contributed by atoms with Crippen molar-refractivity contribution < 1.29 is 14.5 Å². The minimum absolute atomic E-state index is 0.0164. The van der Waals surface area contributed by atoms with Gasteiger partial charge in [0.1, 0.15) is 0 Å². The van der Waals surface area contributed by atoms with Crippen molar-refractivity contribution in [1.29, 1.82) is 0 Å². The first kappa shape index (κ1) is 15.7. The zero-order chi connectivity index (χ0) is 16.1. The molecule has 0 bridgehead atoms. The van der Waals surface area contributed by atoms with Gasteiger partial charge in [-0.1, -0.05) is 23.7 Å². The average molecular weight is 318 g/mol. The summed E-state index contributed by atoms with van der Waals surface area (Å²) < 4.78 is 4.66. The van der Waals surface area contributed by atoms with Gasteiger partial charge in [-0.15, -0.1) is 0 Å². The third-order valence-corrected chi connectivity index (χ3v) is 3.26. The zero-order valence-corrected chi connectivity index (χ0v) is 12.4. The molecule has 112 valence electrons. The Morgan fingerprint density at radius 3 is 2.05 bits per heavy atom. The zero-order valence-electron chi connectivity index (χ0n) is 11.7. The second-order valence-electron chi connectivity index (χ2n) is 4.39. The van der Waals surface area contributed by atoms with E-state index in [0.717, 1.165) is 5.56 Å². The summed E-state index contributed by atoms with van der Waals surface area (Å²) in [6, 6.07) is 12.9. The summed E-state index contributed by atoms with van der Waals surface area (Å²) in [4.78, 5) is 21.8. The highest BCUT2D eigenvalue weighted by Gasteiger charge is 2.11. The number of carbonyl (C=O) groups excluding carboxylic acids is 1. The molecule has 5 nitrogen and oxygen atoms in total. The first-order valence-corrected chi connectivity index (χ1v) is 6.69. The van der Waals surface area contributed by atoms with Gasteiger partial charge < -0.3 is 4.74 Å². The van der Waals surface area contributed by atoms with Gasteiger partial charge in [-0.05, 0) is 41.0 Å². The number of nitro benzene ring substituents is 1. The van der Waals surface area contributed by atoms with E-state index in [2.05, 4.69) is 4.74 Å². The van der Waals surface area contributed by atoms with Crippen LogP contribution in [0.2, 0.25) is 5.02 Å². The quantitative estimate of drug-likeness (QED) is 0.371. The maximum Gasteiger partial charge on any atom is 0.331 e. The van der Waals surface area contributed by atoms with E-state index in [1.54, 1.807) is 36.4 Å². The number of nitro groups is 1. The lowest BCUT2D eigenvalue weighted by atomic mass is 9.97. The Morgan fingerprint density at radius 1 is 1.09 bits per heavy atom. The van der Waals surface area contributed by atoms with Crippen LogP contribution in [0, 0.1) is 10.1 Å². The van der Waals surface area contributed by atoms with Crippen molar-refractivity contribution in [2.24, 2.45) is 0 Å². The summed E-state index contributed by atoms with van der Waals surface area (Å²) in [6.45, 7) is 0. The predicted molar refractivity (Wildman–Crippen MR) is 83.6 cm³/mol. The molecule has 0 aliphatic heterocycles. The highest BCUT2D eigenvalue weighted by molar-refractivity contribution is 6.30. The first-order valence-electron chi connectivity index (χ1n) is 6.31. The van der Waals surface area contributed by atoms with Crippen molar-refractivity contribution in [3.8, 4) is 0 Å². The van der Waals surface area contributed by atoms with E-state index < -0.39 is 10.9 Å². The van der Waals surface area contributed by atoms with Crippen LogP contribution in [-0.4, -0.2) is 18.0 Å². The summed E-state index contributed by atoms with van der Waals surface area (Å²) in [5.74, 6) is -0.511. The number of methoxy groups -OCH3 is 1. The minimum atomic E-state index is -0.511. The second kappa shape index (κ2) is 6.87. The van der Waals surface area contributed by atoms with Crippen LogP contribution in [0.3, 0.4) is 0 Å². The molecule has 0 atom stereocenters. The van der Waals surface area contributed by atoms with E-state index in [9.17, 15) is 14.9 Å². The van der Waals surface area contributed by atoms with E-state index in [1.807, 2.05) is 0 Å². The molecule has 22 heavy (non-hydrogen) atoms. The smallest absolute Gasteiger partial charge is 0.331 e. The summed E-state index contributed by atoms with van der Waals surface area (Å²) >= 11 is 5.86. The molecule has 6 heteroatoms. The number of non-ortho nitro benzene ring substituents is 1. The molecule has 0 unspecified atom stereocenters. The van der Waals surface area contributed by atoms with Crippen LogP contribution in [0.25, 0.3) is 5.57 Å². The van der Waals surface area contributed by atoms with Gasteiger partial charge in [-0.3, -0.25) is 10.1 Å². The topological polar surface area (TPSA) is 69.4 Å². The number of carbonyl (C=O) groups is 1. The van der Waals surface area contributed by atoms with Gasteiger partial charge >= 0.3 is 5.97 Å². The maximum atomic E-state index is 11.6. The van der Waals surface area contributed by atoms with Crippen molar-refractivity contribution >= 4 is 28.8 Å². The Bertz CT molecular complexity index is 721. The molecule has 0 saturated heterocycles. The molecule has 0 saturated carbocycles. The number of benzene rings is 2. The van der Waals surface area contributed by atoms with Gasteiger partial charge in [0.25, 0.3) is 5.69 Å². The fourth-order valence-electron chi connectivity index (χ4n) is 1.90. The number of ether oxygens (including phenoxy) is 1. The van der Waals surface area contributed by atoms with Crippen LogP contribution in [0.5, 0.6) is 0 Å². The number of halogens is 1. The summed E-state index contributed by atoms with van der Waals surface area (Å²) in [5, 5.41) is 11.3. The molecule has 0 aliphatic carbocycles. The molecule has 0 fully saturated rings. The largest absolute Gasteiger partial charge is 0.466 e. The SMILES string of the molecule is COC(=O)/C=C(\c1ccc(Cl)cc1)c1ccc([N+](=O)[O-])cc1. The molecular weight excluding hydrogens is 306 g/mol. The summed E-state index contributed by atoms with van der Waals surface area (Å²) in [5.41, 5.74) is 2.00. The number of hydrogen-bond donors (Lipinski definition) is 0. The summed E-state index contributed by atoms with van der Waals surface area (Å²) in [7, 11) is 1.29. The van der Waals surface area contributed by atoms with E-state index in [1.165, 1.54) is 25.3 Å². The van der Waals surface area contributed by atoms with E-state index in [4.69, 9.17) is 11.6 Å².